The van der Waals surface area contributed by atoms with Crippen LogP contribution in [-0.4, -0.2) is 25.3 Å². The summed E-state index contributed by atoms with van der Waals surface area (Å²) < 4.78 is 10.8. The molecule has 0 amide bonds. The Kier molecular flexibility index (Phi) is 6.30. The predicted molar refractivity (Wildman–Crippen MR) is 69.1 cm³/mol. The third-order valence-corrected chi connectivity index (χ3v) is 2.67. The molecule has 0 aromatic heterocycles. The van der Waals surface area contributed by atoms with Crippen molar-refractivity contribution in [2.45, 2.75) is 6.04 Å². The Morgan fingerprint density at radius 2 is 2.00 bits per heavy atom. The van der Waals surface area contributed by atoms with E-state index in [4.69, 9.17) is 20.3 Å². The number of carboxylic acids is 1. The quantitative estimate of drug-likeness (QED) is 0.884. The number of carbonyl (C=O) groups is 1. The van der Waals surface area contributed by atoms with Crippen LogP contribution in [0.15, 0.2) is 16.6 Å². The van der Waals surface area contributed by atoms with E-state index in [1.165, 1.54) is 14.2 Å². The fraction of sp³-hybridized carbons (Fsp3) is 0.300. The summed E-state index contributed by atoms with van der Waals surface area (Å²) in [6.45, 7) is 0. The van der Waals surface area contributed by atoms with E-state index in [-0.39, 0.29) is 12.4 Å². The van der Waals surface area contributed by atoms with Crippen molar-refractivity contribution in [3.05, 3.63) is 22.2 Å². The minimum atomic E-state index is -1.10. The molecule has 96 valence electrons. The minimum absolute atomic E-state index is 0. The molecule has 0 fully saturated rings. The van der Waals surface area contributed by atoms with E-state index in [2.05, 4.69) is 15.9 Å². The largest absolute Gasteiger partial charge is 0.493 e. The molecule has 0 aliphatic carbocycles. The third-order valence-electron chi connectivity index (χ3n) is 2.08. The molecular weight excluding hydrogens is 313 g/mol. The summed E-state index contributed by atoms with van der Waals surface area (Å²) in [5, 5.41) is 8.80. The van der Waals surface area contributed by atoms with E-state index in [1.54, 1.807) is 12.1 Å². The second kappa shape index (κ2) is 6.68. The molecule has 1 rings (SSSR count). The van der Waals surface area contributed by atoms with Crippen molar-refractivity contribution in [1.29, 1.82) is 0 Å². The zero-order chi connectivity index (χ0) is 12.3. The molecule has 0 radical (unpaired) electrons. The number of carboxylic acid groups (broad SMARTS) is 1. The molecular formula is C10H13BrClNO4. The number of rotatable bonds is 4. The highest BCUT2D eigenvalue weighted by atomic mass is 79.9. The van der Waals surface area contributed by atoms with E-state index in [0.29, 0.717) is 21.5 Å². The second-order valence-corrected chi connectivity index (χ2v) is 3.91. The molecule has 1 atom stereocenters. The van der Waals surface area contributed by atoms with Crippen molar-refractivity contribution >= 4 is 34.3 Å². The van der Waals surface area contributed by atoms with E-state index < -0.39 is 12.0 Å². The molecule has 0 saturated heterocycles. The molecule has 17 heavy (non-hydrogen) atoms. The van der Waals surface area contributed by atoms with Gasteiger partial charge in [0, 0.05) is 0 Å². The van der Waals surface area contributed by atoms with Gasteiger partial charge in [0.15, 0.2) is 11.5 Å². The maximum Gasteiger partial charge on any atom is 0.325 e. The minimum Gasteiger partial charge on any atom is -0.493 e. The van der Waals surface area contributed by atoms with Crippen molar-refractivity contribution in [1.82, 2.24) is 0 Å². The molecule has 1 unspecified atom stereocenters. The van der Waals surface area contributed by atoms with Crippen LogP contribution in [0, 0.1) is 0 Å². The van der Waals surface area contributed by atoms with Crippen LogP contribution < -0.4 is 15.2 Å². The number of benzene rings is 1. The van der Waals surface area contributed by atoms with Crippen LogP contribution >= 0.6 is 28.3 Å². The highest BCUT2D eigenvalue weighted by Crippen LogP contribution is 2.37. The van der Waals surface area contributed by atoms with Crippen LogP contribution in [0.1, 0.15) is 11.6 Å². The fourth-order valence-electron chi connectivity index (χ4n) is 1.26. The van der Waals surface area contributed by atoms with Crippen molar-refractivity contribution in [3.63, 3.8) is 0 Å². The second-order valence-electron chi connectivity index (χ2n) is 3.05. The zero-order valence-corrected chi connectivity index (χ0v) is 11.7. The van der Waals surface area contributed by atoms with Crippen LogP contribution in [0.4, 0.5) is 0 Å². The first-order chi connectivity index (χ1) is 7.51. The van der Waals surface area contributed by atoms with Crippen molar-refractivity contribution in [2.24, 2.45) is 5.73 Å². The lowest BCUT2D eigenvalue weighted by molar-refractivity contribution is -0.138. The lowest BCUT2D eigenvalue weighted by Gasteiger charge is -2.13. The SMILES string of the molecule is COc1cc(C(N)C(=O)O)cc(Br)c1OC.Cl. The fourth-order valence-corrected chi connectivity index (χ4v) is 1.88. The van der Waals surface area contributed by atoms with Gasteiger partial charge in [-0.1, -0.05) is 0 Å². The van der Waals surface area contributed by atoms with Crippen LogP contribution in [0.5, 0.6) is 11.5 Å². The Morgan fingerprint density at radius 3 is 2.41 bits per heavy atom. The molecule has 3 N–H and O–H groups in total. The maximum absolute atomic E-state index is 10.8. The Labute approximate surface area is 113 Å². The predicted octanol–water partition coefficient (Wildman–Crippen LogP) is 1.97. The van der Waals surface area contributed by atoms with E-state index >= 15 is 0 Å². The first-order valence-electron chi connectivity index (χ1n) is 4.41. The average molecular weight is 327 g/mol. The molecule has 1 aromatic carbocycles. The number of halogens is 2. The number of ether oxygens (including phenoxy) is 2. The van der Waals surface area contributed by atoms with Crippen molar-refractivity contribution in [3.8, 4) is 11.5 Å². The zero-order valence-electron chi connectivity index (χ0n) is 9.27. The van der Waals surface area contributed by atoms with Gasteiger partial charge in [-0.2, -0.15) is 0 Å². The normalized spacial score (nSPS) is 11.3. The van der Waals surface area contributed by atoms with Gasteiger partial charge in [-0.3, -0.25) is 4.79 Å². The molecule has 0 aliphatic rings. The van der Waals surface area contributed by atoms with Gasteiger partial charge in [0.1, 0.15) is 6.04 Å². The molecule has 0 bridgehead atoms. The van der Waals surface area contributed by atoms with Crippen molar-refractivity contribution in [2.75, 3.05) is 14.2 Å². The molecule has 5 nitrogen and oxygen atoms in total. The van der Waals surface area contributed by atoms with Gasteiger partial charge in [-0.15, -0.1) is 12.4 Å². The van der Waals surface area contributed by atoms with Gasteiger partial charge in [0.25, 0.3) is 0 Å². The lowest BCUT2D eigenvalue weighted by Crippen LogP contribution is -2.20. The molecule has 7 heteroatoms. The van der Waals surface area contributed by atoms with E-state index in [0.717, 1.165) is 0 Å². The summed E-state index contributed by atoms with van der Waals surface area (Å²) in [6, 6.07) is 2.05. The summed E-state index contributed by atoms with van der Waals surface area (Å²) in [4.78, 5) is 10.8. The maximum atomic E-state index is 10.8. The summed E-state index contributed by atoms with van der Waals surface area (Å²) in [5.74, 6) is -0.161. The topological polar surface area (TPSA) is 81.8 Å². The van der Waals surface area contributed by atoms with Crippen LogP contribution in [0.2, 0.25) is 0 Å². The summed E-state index contributed by atoms with van der Waals surface area (Å²) in [6.07, 6.45) is 0. The number of aliphatic carboxylic acids is 1. The number of hydrogen-bond donors (Lipinski definition) is 2. The lowest BCUT2D eigenvalue weighted by atomic mass is 10.1. The Balaban J connectivity index is 0.00000256. The first-order valence-corrected chi connectivity index (χ1v) is 5.20. The highest BCUT2D eigenvalue weighted by molar-refractivity contribution is 9.10. The molecule has 0 saturated carbocycles. The van der Waals surface area contributed by atoms with Gasteiger partial charge >= 0.3 is 5.97 Å². The molecule has 0 heterocycles. The molecule has 0 aliphatic heterocycles. The highest BCUT2D eigenvalue weighted by Gasteiger charge is 2.18. The third kappa shape index (κ3) is 3.49. The summed E-state index contributed by atoms with van der Waals surface area (Å²) in [7, 11) is 2.97. The molecule has 1 aromatic rings. The molecule has 0 spiro atoms. The van der Waals surface area contributed by atoms with Crippen LogP contribution in [0.3, 0.4) is 0 Å². The Hall–Kier alpha value is -0.980. The van der Waals surface area contributed by atoms with Crippen molar-refractivity contribution < 1.29 is 19.4 Å². The van der Waals surface area contributed by atoms with Crippen LogP contribution in [0.25, 0.3) is 0 Å². The summed E-state index contributed by atoms with van der Waals surface area (Å²) >= 11 is 3.26. The standard InChI is InChI=1S/C10H12BrNO4.ClH/c1-15-7-4-5(8(12)10(13)14)3-6(11)9(7)16-2;/h3-4,8H,12H2,1-2H3,(H,13,14);1H. The smallest absolute Gasteiger partial charge is 0.325 e. The summed E-state index contributed by atoms with van der Waals surface area (Å²) in [5.41, 5.74) is 5.95. The average Bonchev–Trinajstić information content (AvgIpc) is 2.26. The van der Waals surface area contributed by atoms with Gasteiger partial charge in [-0.05, 0) is 33.6 Å². The Bertz CT molecular complexity index is 414. The van der Waals surface area contributed by atoms with Gasteiger partial charge in [0.2, 0.25) is 0 Å². The number of methoxy groups -OCH3 is 2. The first kappa shape index (κ1) is 16.0. The van der Waals surface area contributed by atoms with E-state index in [1.807, 2.05) is 0 Å². The Morgan fingerprint density at radius 1 is 1.41 bits per heavy atom. The number of nitrogens with two attached hydrogens (primary N) is 1. The van der Waals surface area contributed by atoms with Crippen LogP contribution in [-0.2, 0) is 4.79 Å². The van der Waals surface area contributed by atoms with E-state index in [9.17, 15) is 4.79 Å². The number of hydrogen-bond acceptors (Lipinski definition) is 4. The van der Waals surface area contributed by atoms with Gasteiger partial charge in [-0.25, -0.2) is 0 Å². The monoisotopic (exact) mass is 325 g/mol. The van der Waals surface area contributed by atoms with Gasteiger partial charge < -0.3 is 20.3 Å². The van der Waals surface area contributed by atoms with Gasteiger partial charge in [0.05, 0.1) is 18.7 Å².